The van der Waals surface area contributed by atoms with Crippen LogP contribution in [0.1, 0.15) is 50.4 Å². The number of nitrogens with two attached hydrogens (primary N) is 1. The molecule has 32 heavy (non-hydrogen) atoms. The van der Waals surface area contributed by atoms with Gasteiger partial charge >= 0.3 is 6.18 Å². The predicted octanol–water partition coefficient (Wildman–Crippen LogP) is 4.92. The van der Waals surface area contributed by atoms with Crippen molar-refractivity contribution in [1.29, 1.82) is 5.26 Å². The Labute approximate surface area is 186 Å². The molecule has 0 saturated heterocycles. The van der Waals surface area contributed by atoms with Crippen molar-refractivity contribution >= 4 is 5.91 Å². The van der Waals surface area contributed by atoms with Crippen LogP contribution in [0.5, 0.6) is 0 Å². The van der Waals surface area contributed by atoms with Crippen molar-refractivity contribution in [3.8, 4) is 17.2 Å². The quantitative estimate of drug-likeness (QED) is 0.627. The first-order valence-electron chi connectivity index (χ1n) is 10.6. The summed E-state index contributed by atoms with van der Waals surface area (Å²) in [6.07, 6.45) is -2.38. The van der Waals surface area contributed by atoms with Gasteiger partial charge in [0, 0.05) is 11.9 Å². The van der Waals surface area contributed by atoms with E-state index >= 15 is 0 Å². The number of nitriles is 1. The molecule has 1 aromatic carbocycles. The van der Waals surface area contributed by atoms with Gasteiger partial charge < -0.3 is 5.73 Å². The lowest BCUT2D eigenvalue weighted by atomic mass is 9.93. The van der Waals surface area contributed by atoms with Crippen LogP contribution in [0.4, 0.5) is 13.2 Å². The summed E-state index contributed by atoms with van der Waals surface area (Å²) >= 11 is 0. The van der Waals surface area contributed by atoms with Gasteiger partial charge in [-0.3, -0.25) is 14.7 Å². The van der Waals surface area contributed by atoms with Crippen LogP contribution in [0, 0.1) is 24.2 Å². The molecule has 1 aliphatic rings. The van der Waals surface area contributed by atoms with Gasteiger partial charge in [0.1, 0.15) is 11.6 Å². The third-order valence-electron chi connectivity index (χ3n) is 5.83. The van der Waals surface area contributed by atoms with E-state index in [-0.39, 0.29) is 30.7 Å². The fourth-order valence-electron chi connectivity index (χ4n) is 4.18. The molecule has 2 aromatic rings. The van der Waals surface area contributed by atoms with Gasteiger partial charge in [-0.1, -0.05) is 38.1 Å². The number of alkyl halides is 3. The fraction of sp³-hybridized carbons (Fsp3) is 0.458. The van der Waals surface area contributed by atoms with Crippen LogP contribution < -0.4 is 5.73 Å². The standard InChI is InChI=1S/C24H27F3N4O/c1-15(2)12-20(22(29)32)31(23(14-28)9-10-23)21(24(25,26)27)18-6-4-17(5-7-18)19-8-11-30-16(3)13-19/h4-8,11,13,15,20-21H,9-10,12H2,1-3H3,(H2,29,32)/t20-,21-/m0/s1. The summed E-state index contributed by atoms with van der Waals surface area (Å²) in [4.78, 5) is 17.5. The lowest BCUT2D eigenvalue weighted by Gasteiger charge is -2.41. The van der Waals surface area contributed by atoms with Gasteiger partial charge in [0.25, 0.3) is 0 Å². The van der Waals surface area contributed by atoms with Crippen LogP contribution >= 0.6 is 0 Å². The van der Waals surface area contributed by atoms with Crippen LogP contribution in [-0.2, 0) is 4.79 Å². The number of rotatable bonds is 8. The number of carbonyl (C=O) groups excluding carboxylic acids is 1. The Morgan fingerprint density at radius 2 is 1.84 bits per heavy atom. The molecule has 0 radical (unpaired) electrons. The van der Waals surface area contributed by atoms with Crippen LogP contribution in [0.25, 0.3) is 11.1 Å². The van der Waals surface area contributed by atoms with E-state index in [1.807, 2.05) is 32.9 Å². The highest BCUT2D eigenvalue weighted by atomic mass is 19.4. The SMILES string of the molecule is Cc1cc(-c2ccc([C@H](N([C@@H](CC(C)C)C(N)=O)C3(C#N)CC3)C(F)(F)F)cc2)ccn1. The summed E-state index contributed by atoms with van der Waals surface area (Å²) in [6, 6.07) is 8.42. The molecule has 1 amide bonds. The zero-order valence-electron chi connectivity index (χ0n) is 18.4. The van der Waals surface area contributed by atoms with E-state index in [0.717, 1.165) is 21.7 Å². The van der Waals surface area contributed by atoms with Gasteiger partial charge in [0.15, 0.2) is 0 Å². The monoisotopic (exact) mass is 444 g/mol. The Kier molecular flexibility index (Phi) is 6.61. The van der Waals surface area contributed by atoms with E-state index in [9.17, 15) is 23.2 Å². The number of halogens is 3. The van der Waals surface area contributed by atoms with Gasteiger partial charge in [-0.2, -0.15) is 18.4 Å². The molecule has 0 aliphatic heterocycles. The van der Waals surface area contributed by atoms with E-state index < -0.39 is 29.7 Å². The van der Waals surface area contributed by atoms with Crippen LogP contribution in [0.15, 0.2) is 42.6 Å². The number of amides is 1. The van der Waals surface area contributed by atoms with Crippen LogP contribution in [0.2, 0.25) is 0 Å². The second-order valence-corrected chi connectivity index (χ2v) is 8.85. The third kappa shape index (κ3) is 4.94. The molecule has 0 bridgehead atoms. The van der Waals surface area contributed by atoms with E-state index in [4.69, 9.17) is 5.73 Å². The van der Waals surface area contributed by atoms with Gasteiger partial charge in [0.05, 0.1) is 12.1 Å². The highest BCUT2D eigenvalue weighted by molar-refractivity contribution is 5.80. The van der Waals surface area contributed by atoms with Crippen molar-refractivity contribution in [3.63, 3.8) is 0 Å². The summed E-state index contributed by atoms with van der Waals surface area (Å²) in [6.45, 7) is 5.47. The molecule has 1 fully saturated rings. The minimum absolute atomic E-state index is 0.0245. The first-order valence-corrected chi connectivity index (χ1v) is 10.6. The number of hydrogen-bond donors (Lipinski definition) is 1. The largest absolute Gasteiger partial charge is 0.408 e. The molecule has 8 heteroatoms. The molecule has 1 aliphatic carbocycles. The molecule has 1 saturated carbocycles. The van der Waals surface area contributed by atoms with Crippen LogP contribution in [-0.4, -0.2) is 33.5 Å². The molecular formula is C24H27F3N4O. The topological polar surface area (TPSA) is 83.0 Å². The molecule has 2 N–H and O–H groups in total. The average Bonchev–Trinajstić information content (AvgIpc) is 3.50. The maximum atomic E-state index is 14.5. The van der Waals surface area contributed by atoms with E-state index in [2.05, 4.69) is 4.98 Å². The molecule has 0 unspecified atom stereocenters. The molecule has 1 heterocycles. The summed E-state index contributed by atoms with van der Waals surface area (Å²) in [5, 5.41) is 9.75. The summed E-state index contributed by atoms with van der Waals surface area (Å²) in [5.41, 5.74) is 6.59. The Morgan fingerprint density at radius 3 is 2.28 bits per heavy atom. The van der Waals surface area contributed by atoms with Gasteiger partial charge in [-0.15, -0.1) is 0 Å². The molecule has 170 valence electrons. The van der Waals surface area contributed by atoms with Crippen molar-refractivity contribution in [3.05, 3.63) is 53.9 Å². The van der Waals surface area contributed by atoms with Gasteiger partial charge in [0.2, 0.25) is 5.91 Å². The van der Waals surface area contributed by atoms with Crippen molar-refractivity contribution in [2.75, 3.05) is 0 Å². The Bertz CT molecular complexity index is 1010. The Morgan fingerprint density at radius 1 is 1.22 bits per heavy atom. The molecule has 1 aromatic heterocycles. The number of carbonyl (C=O) groups is 1. The van der Waals surface area contributed by atoms with Crippen molar-refractivity contribution in [2.24, 2.45) is 11.7 Å². The minimum atomic E-state index is -4.70. The van der Waals surface area contributed by atoms with Crippen LogP contribution in [0.3, 0.4) is 0 Å². The lowest BCUT2D eigenvalue weighted by molar-refractivity contribution is -0.200. The lowest BCUT2D eigenvalue weighted by Crippen LogP contribution is -2.56. The number of pyridine rings is 1. The number of hydrogen-bond acceptors (Lipinski definition) is 4. The number of aromatic nitrogens is 1. The number of nitrogens with zero attached hydrogens (tertiary/aromatic N) is 3. The summed E-state index contributed by atoms with van der Waals surface area (Å²) in [7, 11) is 0. The molecule has 5 nitrogen and oxygen atoms in total. The average molecular weight is 445 g/mol. The molecular weight excluding hydrogens is 417 g/mol. The molecule has 2 atom stereocenters. The zero-order chi connectivity index (χ0) is 23.7. The molecule has 3 rings (SSSR count). The van der Waals surface area contributed by atoms with Gasteiger partial charge in [-0.25, -0.2) is 0 Å². The maximum absolute atomic E-state index is 14.5. The fourth-order valence-corrected chi connectivity index (χ4v) is 4.18. The maximum Gasteiger partial charge on any atom is 0.408 e. The number of aryl methyl sites for hydroxylation is 1. The Hall–Kier alpha value is -2.92. The summed E-state index contributed by atoms with van der Waals surface area (Å²) < 4.78 is 43.4. The highest BCUT2D eigenvalue weighted by Crippen LogP contribution is 2.52. The number of primary amides is 1. The smallest absolute Gasteiger partial charge is 0.368 e. The number of benzene rings is 1. The third-order valence-corrected chi connectivity index (χ3v) is 5.83. The Balaban J connectivity index is 2.09. The minimum Gasteiger partial charge on any atom is -0.368 e. The first kappa shape index (κ1) is 23.7. The predicted molar refractivity (Wildman–Crippen MR) is 115 cm³/mol. The van der Waals surface area contributed by atoms with E-state index in [1.165, 1.54) is 12.1 Å². The van der Waals surface area contributed by atoms with Gasteiger partial charge in [-0.05, 0) is 60.9 Å². The summed E-state index contributed by atoms with van der Waals surface area (Å²) in [5.74, 6) is -0.922. The zero-order valence-corrected chi connectivity index (χ0v) is 18.4. The second kappa shape index (κ2) is 8.91. The van der Waals surface area contributed by atoms with Crippen molar-refractivity contribution < 1.29 is 18.0 Å². The normalized spacial score (nSPS) is 17.1. The molecule has 0 spiro atoms. The highest BCUT2D eigenvalue weighted by Gasteiger charge is 2.60. The first-order chi connectivity index (χ1) is 15.0. The second-order valence-electron chi connectivity index (χ2n) is 8.85. The van der Waals surface area contributed by atoms with Crippen molar-refractivity contribution in [1.82, 2.24) is 9.88 Å². The van der Waals surface area contributed by atoms with Crippen molar-refractivity contribution in [2.45, 2.75) is 63.8 Å². The van der Waals surface area contributed by atoms with E-state index in [1.54, 1.807) is 24.4 Å². The van der Waals surface area contributed by atoms with E-state index in [0.29, 0.717) is 0 Å².